The van der Waals surface area contributed by atoms with E-state index in [2.05, 4.69) is 13.2 Å². The van der Waals surface area contributed by atoms with E-state index in [1.54, 1.807) is 32.2 Å². The van der Waals surface area contributed by atoms with Crippen molar-refractivity contribution in [3.05, 3.63) is 54.8 Å². The fraction of sp³-hybridized carbons (Fsp3) is 0.333. The van der Waals surface area contributed by atoms with Crippen molar-refractivity contribution in [2.24, 2.45) is 0 Å². The lowest BCUT2D eigenvalue weighted by Crippen LogP contribution is -2.33. The molecule has 0 heterocycles. The third-order valence-corrected chi connectivity index (χ3v) is 3.20. The monoisotopic (exact) mass is 317 g/mol. The quantitative estimate of drug-likeness (QED) is 0.399. The van der Waals surface area contributed by atoms with Crippen molar-refractivity contribution in [2.45, 2.75) is 26.3 Å². The molecule has 0 fully saturated rings. The van der Waals surface area contributed by atoms with Crippen LogP contribution in [-0.4, -0.2) is 30.5 Å². The van der Waals surface area contributed by atoms with Gasteiger partial charge >= 0.3 is 5.97 Å². The topological polar surface area (TPSA) is 55.8 Å². The summed E-state index contributed by atoms with van der Waals surface area (Å²) in [6.45, 7) is 9.50. The number of hydrogen-bond acceptors (Lipinski definition) is 4. The number of hydrogen-bond donors (Lipinski definition) is 0. The van der Waals surface area contributed by atoms with Crippen molar-refractivity contribution in [3.63, 3.8) is 0 Å². The molecule has 1 amide bonds. The number of nitrogens with zero attached hydrogens (tertiary/aromatic N) is 1. The van der Waals surface area contributed by atoms with Gasteiger partial charge in [-0.3, -0.25) is 4.79 Å². The number of ether oxygens (including phenoxy) is 2. The van der Waals surface area contributed by atoms with Crippen LogP contribution >= 0.6 is 0 Å². The van der Waals surface area contributed by atoms with E-state index in [9.17, 15) is 9.59 Å². The van der Waals surface area contributed by atoms with Crippen molar-refractivity contribution in [2.75, 3.05) is 13.7 Å². The third kappa shape index (κ3) is 5.62. The number of carbonyl (C=O) groups is 2. The number of benzene rings is 1. The van der Waals surface area contributed by atoms with Crippen LogP contribution in [0.15, 0.2) is 49.2 Å². The summed E-state index contributed by atoms with van der Waals surface area (Å²) in [5.41, 5.74) is 0.903. The van der Waals surface area contributed by atoms with Gasteiger partial charge in [-0.05, 0) is 31.0 Å². The number of allylic oxidation sites excluding steroid dienone is 1. The predicted octanol–water partition coefficient (Wildman–Crippen LogP) is 3.07. The molecule has 0 aliphatic rings. The Balaban J connectivity index is 2.92. The zero-order chi connectivity index (χ0) is 17.2. The van der Waals surface area contributed by atoms with Crippen molar-refractivity contribution in [1.82, 2.24) is 4.90 Å². The molecular weight excluding hydrogens is 294 g/mol. The summed E-state index contributed by atoms with van der Waals surface area (Å²) in [5.74, 6) is -0.0609. The van der Waals surface area contributed by atoms with Crippen molar-refractivity contribution < 1.29 is 19.1 Å². The molecule has 0 atom stereocenters. The standard InChI is InChI=1S/C18H23NO4/c1-5-7-8-17(20)19(14(3)18(21)23-6-2)13-15-9-11-16(22-4)12-10-15/h5,9-12H,1,3,6-8,13H2,2,4H3. The molecular formula is C18H23NO4. The number of carbonyl (C=O) groups excluding carboxylic acids is 2. The van der Waals surface area contributed by atoms with Gasteiger partial charge in [0.2, 0.25) is 5.91 Å². The van der Waals surface area contributed by atoms with Gasteiger partial charge in [-0.1, -0.05) is 24.8 Å². The highest BCUT2D eigenvalue weighted by Crippen LogP contribution is 2.17. The lowest BCUT2D eigenvalue weighted by Gasteiger charge is -2.23. The molecule has 0 aromatic heterocycles. The molecule has 0 saturated carbocycles. The Kier molecular flexibility index (Phi) is 7.60. The van der Waals surface area contributed by atoms with Crippen LogP contribution in [0.3, 0.4) is 0 Å². The molecule has 1 aromatic carbocycles. The third-order valence-electron chi connectivity index (χ3n) is 3.20. The van der Waals surface area contributed by atoms with Crippen molar-refractivity contribution in [1.29, 1.82) is 0 Å². The Morgan fingerprint density at radius 3 is 2.43 bits per heavy atom. The van der Waals surface area contributed by atoms with Crippen LogP contribution in [0, 0.1) is 0 Å². The highest BCUT2D eigenvalue weighted by Gasteiger charge is 2.22. The summed E-state index contributed by atoms with van der Waals surface area (Å²) in [5, 5.41) is 0. The fourth-order valence-corrected chi connectivity index (χ4v) is 1.93. The van der Waals surface area contributed by atoms with E-state index in [1.165, 1.54) is 4.90 Å². The first-order chi connectivity index (χ1) is 11.0. The minimum absolute atomic E-state index is 0.0386. The smallest absolute Gasteiger partial charge is 0.354 e. The van der Waals surface area contributed by atoms with Crippen LogP contribution in [-0.2, 0) is 20.9 Å². The van der Waals surface area contributed by atoms with Gasteiger partial charge in [0.25, 0.3) is 0 Å². The summed E-state index contributed by atoms with van der Waals surface area (Å²) in [7, 11) is 1.59. The van der Waals surface area contributed by atoms with Crippen LogP contribution in [0.5, 0.6) is 5.75 Å². The molecule has 0 radical (unpaired) electrons. The van der Waals surface area contributed by atoms with Gasteiger partial charge in [0.15, 0.2) is 0 Å². The number of methoxy groups -OCH3 is 1. The molecule has 5 heteroatoms. The first kappa shape index (κ1) is 18.5. The summed E-state index contributed by atoms with van der Waals surface area (Å²) >= 11 is 0. The number of amides is 1. The first-order valence-electron chi connectivity index (χ1n) is 7.43. The highest BCUT2D eigenvalue weighted by molar-refractivity contribution is 5.93. The van der Waals surface area contributed by atoms with Crippen LogP contribution in [0.1, 0.15) is 25.3 Å². The number of esters is 1. The van der Waals surface area contributed by atoms with E-state index in [-0.39, 0.29) is 31.2 Å². The Hall–Kier alpha value is -2.56. The molecule has 0 N–H and O–H groups in total. The van der Waals surface area contributed by atoms with Gasteiger partial charge in [0, 0.05) is 6.42 Å². The lowest BCUT2D eigenvalue weighted by atomic mass is 10.1. The van der Waals surface area contributed by atoms with Gasteiger partial charge in [0.1, 0.15) is 11.4 Å². The van der Waals surface area contributed by atoms with Crippen LogP contribution in [0.2, 0.25) is 0 Å². The molecule has 0 unspecified atom stereocenters. The van der Waals surface area contributed by atoms with E-state index < -0.39 is 5.97 Å². The van der Waals surface area contributed by atoms with E-state index in [1.807, 2.05) is 12.1 Å². The predicted molar refractivity (Wildman–Crippen MR) is 88.7 cm³/mol. The van der Waals surface area contributed by atoms with Crippen LogP contribution < -0.4 is 4.74 Å². The van der Waals surface area contributed by atoms with Gasteiger partial charge in [0.05, 0.1) is 20.3 Å². The van der Waals surface area contributed by atoms with Crippen LogP contribution in [0.25, 0.3) is 0 Å². The lowest BCUT2D eigenvalue weighted by molar-refractivity contribution is -0.144. The highest BCUT2D eigenvalue weighted by atomic mass is 16.5. The van der Waals surface area contributed by atoms with E-state index >= 15 is 0 Å². The van der Waals surface area contributed by atoms with Crippen molar-refractivity contribution >= 4 is 11.9 Å². The van der Waals surface area contributed by atoms with Gasteiger partial charge in [-0.25, -0.2) is 4.79 Å². The normalized spacial score (nSPS) is 9.83. The molecule has 23 heavy (non-hydrogen) atoms. The second-order valence-electron chi connectivity index (χ2n) is 4.82. The Labute approximate surface area is 137 Å². The number of rotatable bonds is 9. The zero-order valence-corrected chi connectivity index (χ0v) is 13.7. The summed E-state index contributed by atoms with van der Waals surface area (Å²) < 4.78 is 10.1. The molecule has 0 bridgehead atoms. The second-order valence-corrected chi connectivity index (χ2v) is 4.82. The minimum atomic E-state index is -0.590. The molecule has 1 rings (SSSR count). The largest absolute Gasteiger partial charge is 0.497 e. The average molecular weight is 317 g/mol. The maximum atomic E-state index is 12.4. The SMILES string of the molecule is C=CCCC(=O)N(Cc1ccc(OC)cc1)C(=C)C(=O)OCC. The van der Waals surface area contributed by atoms with Gasteiger partial charge < -0.3 is 14.4 Å². The first-order valence-corrected chi connectivity index (χ1v) is 7.43. The molecule has 5 nitrogen and oxygen atoms in total. The Morgan fingerprint density at radius 2 is 1.91 bits per heavy atom. The molecule has 1 aromatic rings. The Morgan fingerprint density at radius 1 is 1.26 bits per heavy atom. The van der Waals surface area contributed by atoms with E-state index in [4.69, 9.17) is 9.47 Å². The zero-order valence-electron chi connectivity index (χ0n) is 13.7. The molecule has 124 valence electrons. The molecule has 0 saturated heterocycles. The average Bonchev–Trinajstić information content (AvgIpc) is 2.57. The van der Waals surface area contributed by atoms with Crippen LogP contribution in [0.4, 0.5) is 0 Å². The summed E-state index contributed by atoms with van der Waals surface area (Å²) in [4.78, 5) is 25.6. The maximum Gasteiger partial charge on any atom is 0.354 e. The van der Waals surface area contributed by atoms with Gasteiger partial charge in [-0.15, -0.1) is 6.58 Å². The molecule has 0 aliphatic heterocycles. The summed E-state index contributed by atoms with van der Waals surface area (Å²) in [6.07, 6.45) is 2.46. The Bertz CT molecular complexity index is 563. The maximum absolute atomic E-state index is 12.4. The fourth-order valence-electron chi connectivity index (χ4n) is 1.93. The van der Waals surface area contributed by atoms with E-state index in [0.29, 0.717) is 6.42 Å². The van der Waals surface area contributed by atoms with E-state index in [0.717, 1.165) is 11.3 Å². The van der Waals surface area contributed by atoms with Gasteiger partial charge in [-0.2, -0.15) is 0 Å². The van der Waals surface area contributed by atoms with Crippen molar-refractivity contribution in [3.8, 4) is 5.75 Å². The molecule has 0 aliphatic carbocycles. The molecule has 0 spiro atoms. The summed E-state index contributed by atoms with van der Waals surface area (Å²) in [6, 6.07) is 7.28. The minimum Gasteiger partial charge on any atom is -0.497 e. The second kappa shape index (κ2) is 9.46.